The summed E-state index contributed by atoms with van der Waals surface area (Å²) >= 11 is 0. The third kappa shape index (κ3) is 2.78. The van der Waals surface area contributed by atoms with Crippen molar-refractivity contribution in [2.24, 2.45) is 0 Å². The van der Waals surface area contributed by atoms with Crippen molar-refractivity contribution in [2.45, 2.75) is 45.1 Å². The lowest BCUT2D eigenvalue weighted by Crippen LogP contribution is -2.37. The number of carbonyl (C=O) groups excluding carboxylic acids is 1. The minimum Gasteiger partial charge on any atom is -0.347 e. The zero-order valence-corrected chi connectivity index (χ0v) is 9.57. The molecule has 1 N–H and O–H groups in total. The largest absolute Gasteiger partial charge is 0.347 e. The fourth-order valence-corrected chi connectivity index (χ4v) is 2.06. The zero-order chi connectivity index (χ0) is 11.4. The van der Waals surface area contributed by atoms with Crippen LogP contribution in [-0.2, 0) is 0 Å². The van der Waals surface area contributed by atoms with E-state index >= 15 is 0 Å². The van der Waals surface area contributed by atoms with Gasteiger partial charge in [0.2, 0.25) is 5.82 Å². The zero-order valence-electron chi connectivity index (χ0n) is 9.57. The molecule has 1 fully saturated rings. The smallest absolute Gasteiger partial charge is 0.289 e. The predicted molar refractivity (Wildman–Crippen MR) is 61.1 cm³/mol. The van der Waals surface area contributed by atoms with Gasteiger partial charge in [-0.15, -0.1) is 0 Å². The van der Waals surface area contributed by atoms with E-state index in [0.717, 1.165) is 18.5 Å². The first-order valence-electron chi connectivity index (χ1n) is 5.86. The van der Waals surface area contributed by atoms with Crippen LogP contribution in [0.5, 0.6) is 0 Å². The molecule has 0 aliphatic heterocycles. The Balaban J connectivity index is 1.97. The summed E-state index contributed by atoms with van der Waals surface area (Å²) in [5, 5.41) is 3.00. The first-order valence-corrected chi connectivity index (χ1v) is 5.86. The van der Waals surface area contributed by atoms with Gasteiger partial charge in [0.25, 0.3) is 5.91 Å². The molecule has 2 rings (SSSR count). The lowest BCUT2D eigenvalue weighted by molar-refractivity contribution is 0.0917. The third-order valence-corrected chi connectivity index (χ3v) is 2.94. The lowest BCUT2D eigenvalue weighted by atomic mass is 9.95. The highest BCUT2D eigenvalue weighted by Gasteiger charge is 2.17. The molecule has 0 radical (unpaired) electrons. The highest BCUT2D eigenvalue weighted by atomic mass is 16.2. The van der Waals surface area contributed by atoms with E-state index in [-0.39, 0.29) is 11.7 Å². The van der Waals surface area contributed by atoms with Crippen molar-refractivity contribution >= 4 is 5.91 Å². The summed E-state index contributed by atoms with van der Waals surface area (Å²) in [6, 6.07) is 2.10. The fourth-order valence-electron chi connectivity index (χ4n) is 2.06. The second-order valence-electron chi connectivity index (χ2n) is 4.33. The van der Waals surface area contributed by atoms with Gasteiger partial charge in [-0.1, -0.05) is 19.3 Å². The van der Waals surface area contributed by atoms with Crippen molar-refractivity contribution in [3.05, 3.63) is 23.8 Å². The van der Waals surface area contributed by atoms with Crippen molar-refractivity contribution in [3.8, 4) is 0 Å². The van der Waals surface area contributed by atoms with E-state index in [1.54, 1.807) is 12.3 Å². The standard InChI is InChI=1S/C12H17N3O/c1-9-7-8-13-11(14-9)12(16)15-10-5-3-2-4-6-10/h7-8,10H,2-6H2,1H3,(H,15,16). The summed E-state index contributed by atoms with van der Waals surface area (Å²) in [5.41, 5.74) is 0.823. The van der Waals surface area contributed by atoms with Gasteiger partial charge in [-0.3, -0.25) is 4.79 Å². The summed E-state index contributed by atoms with van der Waals surface area (Å²) in [7, 11) is 0. The van der Waals surface area contributed by atoms with Crippen LogP contribution in [0.1, 0.15) is 48.4 Å². The number of hydrogen-bond donors (Lipinski definition) is 1. The summed E-state index contributed by atoms with van der Waals surface area (Å²) in [5.74, 6) is 0.140. The molecule has 0 atom stereocenters. The van der Waals surface area contributed by atoms with Crippen LogP contribution in [-0.4, -0.2) is 21.9 Å². The van der Waals surface area contributed by atoms with Crippen molar-refractivity contribution in [3.63, 3.8) is 0 Å². The van der Waals surface area contributed by atoms with Gasteiger partial charge >= 0.3 is 0 Å². The monoisotopic (exact) mass is 219 g/mol. The van der Waals surface area contributed by atoms with E-state index in [0.29, 0.717) is 6.04 Å². The average Bonchev–Trinajstić information content (AvgIpc) is 2.30. The molecule has 1 saturated carbocycles. The minimum absolute atomic E-state index is 0.143. The maximum absolute atomic E-state index is 11.8. The van der Waals surface area contributed by atoms with Crippen molar-refractivity contribution < 1.29 is 4.79 Å². The molecule has 4 heteroatoms. The average molecular weight is 219 g/mol. The van der Waals surface area contributed by atoms with E-state index in [9.17, 15) is 4.79 Å². The van der Waals surface area contributed by atoms with Gasteiger partial charge in [-0.05, 0) is 25.8 Å². The number of rotatable bonds is 2. The molecule has 0 spiro atoms. The molecule has 0 unspecified atom stereocenters. The molecular weight excluding hydrogens is 202 g/mol. The maximum Gasteiger partial charge on any atom is 0.289 e. The van der Waals surface area contributed by atoms with Crippen LogP contribution in [0.15, 0.2) is 12.3 Å². The van der Waals surface area contributed by atoms with Crippen LogP contribution in [0.4, 0.5) is 0 Å². The highest BCUT2D eigenvalue weighted by Crippen LogP contribution is 2.17. The van der Waals surface area contributed by atoms with Crippen LogP contribution in [0.3, 0.4) is 0 Å². The molecule has 1 aromatic heterocycles. The predicted octanol–water partition coefficient (Wildman–Crippen LogP) is 1.85. The van der Waals surface area contributed by atoms with E-state index in [1.165, 1.54) is 19.3 Å². The SMILES string of the molecule is Cc1ccnc(C(=O)NC2CCCCC2)n1. The van der Waals surface area contributed by atoms with Crippen molar-refractivity contribution in [2.75, 3.05) is 0 Å². The Morgan fingerprint density at radius 2 is 2.12 bits per heavy atom. The molecule has 0 saturated heterocycles. The van der Waals surface area contributed by atoms with E-state index in [2.05, 4.69) is 15.3 Å². The van der Waals surface area contributed by atoms with Gasteiger partial charge in [-0.25, -0.2) is 9.97 Å². The van der Waals surface area contributed by atoms with Gasteiger partial charge in [0.1, 0.15) is 0 Å². The normalized spacial score (nSPS) is 17.1. The summed E-state index contributed by atoms with van der Waals surface area (Å²) < 4.78 is 0. The Morgan fingerprint density at radius 1 is 1.38 bits per heavy atom. The minimum atomic E-state index is -0.143. The lowest BCUT2D eigenvalue weighted by Gasteiger charge is -2.22. The molecule has 1 amide bonds. The van der Waals surface area contributed by atoms with E-state index in [4.69, 9.17) is 0 Å². The Hall–Kier alpha value is -1.45. The summed E-state index contributed by atoms with van der Waals surface area (Å²) in [6.45, 7) is 1.86. The summed E-state index contributed by atoms with van der Waals surface area (Å²) in [4.78, 5) is 19.9. The van der Waals surface area contributed by atoms with Crippen LogP contribution in [0.2, 0.25) is 0 Å². The molecule has 86 valence electrons. The molecule has 1 aliphatic rings. The number of aromatic nitrogens is 2. The molecule has 4 nitrogen and oxygen atoms in total. The van der Waals surface area contributed by atoms with Gasteiger partial charge in [-0.2, -0.15) is 0 Å². The number of nitrogens with zero attached hydrogens (tertiary/aromatic N) is 2. The Kier molecular flexibility index (Phi) is 3.49. The van der Waals surface area contributed by atoms with E-state index in [1.807, 2.05) is 6.92 Å². The maximum atomic E-state index is 11.8. The van der Waals surface area contributed by atoms with Gasteiger partial charge < -0.3 is 5.32 Å². The highest BCUT2D eigenvalue weighted by molar-refractivity contribution is 5.90. The molecule has 1 aromatic rings. The number of amides is 1. The molecule has 1 aliphatic carbocycles. The first kappa shape index (κ1) is 11.0. The summed E-state index contributed by atoms with van der Waals surface area (Å²) in [6.07, 6.45) is 7.49. The Labute approximate surface area is 95.5 Å². The molecule has 0 bridgehead atoms. The van der Waals surface area contributed by atoms with Gasteiger partial charge in [0.15, 0.2) is 0 Å². The third-order valence-electron chi connectivity index (χ3n) is 2.94. The van der Waals surface area contributed by atoms with Gasteiger partial charge in [0.05, 0.1) is 0 Å². The number of carbonyl (C=O) groups is 1. The second kappa shape index (κ2) is 5.05. The quantitative estimate of drug-likeness (QED) is 0.825. The number of hydrogen-bond acceptors (Lipinski definition) is 3. The number of nitrogens with one attached hydrogen (secondary N) is 1. The van der Waals surface area contributed by atoms with Crippen molar-refractivity contribution in [1.29, 1.82) is 0 Å². The van der Waals surface area contributed by atoms with Crippen LogP contribution < -0.4 is 5.32 Å². The Morgan fingerprint density at radius 3 is 2.81 bits per heavy atom. The Bertz CT molecular complexity index is 372. The first-order chi connectivity index (χ1) is 7.75. The molecular formula is C12H17N3O. The van der Waals surface area contributed by atoms with Gasteiger partial charge in [0, 0.05) is 17.9 Å². The topological polar surface area (TPSA) is 54.9 Å². The van der Waals surface area contributed by atoms with Crippen LogP contribution in [0.25, 0.3) is 0 Å². The van der Waals surface area contributed by atoms with E-state index < -0.39 is 0 Å². The van der Waals surface area contributed by atoms with Crippen molar-refractivity contribution in [1.82, 2.24) is 15.3 Å². The molecule has 0 aromatic carbocycles. The van der Waals surface area contributed by atoms with Crippen LogP contribution in [0, 0.1) is 6.92 Å². The van der Waals surface area contributed by atoms with Crippen LogP contribution >= 0.6 is 0 Å². The number of aryl methyl sites for hydroxylation is 1. The second-order valence-corrected chi connectivity index (χ2v) is 4.33. The molecule has 16 heavy (non-hydrogen) atoms. The molecule has 1 heterocycles. The fraction of sp³-hybridized carbons (Fsp3) is 0.583.